The number of hydrogen-bond donors (Lipinski definition) is 1. The van der Waals surface area contributed by atoms with Crippen molar-refractivity contribution in [3.8, 4) is 0 Å². The molecule has 1 heterocycles. The summed E-state index contributed by atoms with van der Waals surface area (Å²) < 4.78 is 13.0. The fraction of sp³-hybridized carbons (Fsp3) is 0.300. The van der Waals surface area contributed by atoms with Crippen LogP contribution in [0.25, 0.3) is 11.9 Å². The summed E-state index contributed by atoms with van der Waals surface area (Å²) in [6.07, 6.45) is 4.18. The first-order valence-corrected chi connectivity index (χ1v) is 4.23. The molecule has 0 atom stereocenters. The number of aromatic nitrogens is 2. The van der Waals surface area contributed by atoms with E-state index < -0.39 is 0 Å². The molecule has 70 valence electrons. The first-order chi connectivity index (χ1) is 6.20. The molecule has 0 aromatic carbocycles. The molecule has 1 N–H and O–H groups in total. The van der Waals surface area contributed by atoms with Gasteiger partial charge < -0.3 is 0 Å². The highest BCUT2D eigenvalue weighted by Crippen LogP contribution is 1.88. The molecule has 0 unspecified atom stereocenters. The van der Waals surface area contributed by atoms with Gasteiger partial charge in [-0.05, 0) is 13.3 Å². The van der Waals surface area contributed by atoms with Crippen LogP contribution in [0.1, 0.15) is 19.5 Å². The lowest BCUT2D eigenvalue weighted by atomic mass is 10.2. The van der Waals surface area contributed by atoms with Gasteiger partial charge in [0.2, 0.25) is 0 Å². The maximum atomic E-state index is 13.0. The average Bonchev–Trinajstić information content (AvgIpc) is 2.48. The lowest BCUT2D eigenvalue weighted by Crippen LogP contribution is -2.25. The number of rotatable bonds is 2. The zero-order valence-corrected chi connectivity index (χ0v) is 7.89. The molecule has 0 fully saturated rings. The van der Waals surface area contributed by atoms with Crippen molar-refractivity contribution in [2.45, 2.75) is 20.3 Å². The Kier molecular flexibility index (Phi) is 3.01. The largest absolute Gasteiger partial charge is 0.275 e. The highest BCUT2D eigenvalue weighted by atomic mass is 19.1. The quantitative estimate of drug-likeness (QED) is 0.723. The number of aryl methyl sites for hydroxylation is 1. The molecule has 0 aliphatic heterocycles. The SMILES string of the molecule is C=CC=c1c(CC)n[nH]c1=C(C)F. The van der Waals surface area contributed by atoms with Crippen molar-refractivity contribution in [1.29, 1.82) is 0 Å². The van der Waals surface area contributed by atoms with Crippen LogP contribution in [-0.4, -0.2) is 10.2 Å². The Hall–Kier alpha value is -1.38. The number of nitrogens with one attached hydrogen (secondary N) is 1. The van der Waals surface area contributed by atoms with E-state index in [0.717, 1.165) is 17.3 Å². The fourth-order valence-corrected chi connectivity index (χ4v) is 1.22. The summed E-state index contributed by atoms with van der Waals surface area (Å²) in [7, 11) is 0. The Balaban J connectivity index is 3.59. The molecular weight excluding hydrogens is 167 g/mol. The van der Waals surface area contributed by atoms with E-state index in [1.807, 2.05) is 6.92 Å². The van der Waals surface area contributed by atoms with Gasteiger partial charge in [-0.15, -0.1) is 0 Å². The van der Waals surface area contributed by atoms with Gasteiger partial charge in [0.1, 0.15) is 5.83 Å². The van der Waals surface area contributed by atoms with Gasteiger partial charge >= 0.3 is 0 Å². The molecule has 2 nitrogen and oxygen atoms in total. The first kappa shape index (κ1) is 9.71. The highest BCUT2D eigenvalue weighted by Gasteiger charge is 1.99. The van der Waals surface area contributed by atoms with E-state index in [4.69, 9.17) is 0 Å². The van der Waals surface area contributed by atoms with Crippen LogP contribution in [0.3, 0.4) is 0 Å². The summed E-state index contributed by atoms with van der Waals surface area (Å²) >= 11 is 0. The lowest BCUT2D eigenvalue weighted by Gasteiger charge is -1.84. The molecule has 0 amide bonds. The Labute approximate surface area is 76.5 Å². The third kappa shape index (κ3) is 1.86. The van der Waals surface area contributed by atoms with Crippen molar-refractivity contribution in [3.63, 3.8) is 0 Å². The van der Waals surface area contributed by atoms with Crippen LogP contribution >= 0.6 is 0 Å². The van der Waals surface area contributed by atoms with E-state index in [1.54, 1.807) is 12.2 Å². The van der Waals surface area contributed by atoms with E-state index >= 15 is 0 Å². The number of allylic oxidation sites excluding steroid dienone is 1. The van der Waals surface area contributed by atoms with E-state index in [0.29, 0.717) is 5.35 Å². The molecule has 0 bridgehead atoms. The van der Waals surface area contributed by atoms with Gasteiger partial charge in [0.15, 0.2) is 0 Å². The number of H-pyrrole nitrogens is 1. The molecule has 0 spiro atoms. The Morgan fingerprint density at radius 1 is 1.69 bits per heavy atom. The molecule has 1 rings (SSSR count). The van der Waals surface area contributed by atoms with Crippen LogP contribution in [0.4, 0.5) is 4.39 Å². The lowest BCUT2D eigenvalue weighted by molar-refractivity contribution is 0.733. The second kappa shape index (κ2) is 4.03. The van der Waals surface area contributed by atoms with E-state index in [9.17, 15) is 4.39 Å². The summed E-state index contributed by atoms with van der Waals surface area (Å²) in [6, 6.07) is 0. The van der Waals surface area contributed by atoms with Gasteiger partial charge in [0.25, 0.3) is 0 Å². The number of halogens is 1. The maximum absolute atomic E-state index is 13.0. The molecule has 0 aliphatic rings. The molecule has 0 saturated heterocycles. The predicted molar refractivity (Wildman–Crippen MR) is 52.1 cm³/mol. The summed E-state index contributed by atoms with van der Waals surface area (Å²) in [5.74, 6) is -0.250. The summed E-state index contributed by atoms with van der Waals surface area (Å²) in [4.78, 5) is 0. The molecule has 1 aromatic heterocycles. The third-order valence-electron chi connectivity index (χ3n) is 1.85. The molecule has 0 saturated carbocycles. The van der Waals surface area contributed by atoms with Crippen molar-refractivity contribution in [3.05, 3.63) is 28.9 Å². The van der Waals surface area contributed by atoms with Gasteiger partial charge in [0.05, 0.1) is 11.0 Å². The minimum atomic E-state index is -0.250. The maximum Gasteiger partial charge on any atom is 0.122 e. The van der Waals surface area contributed by atoms with Gasteiger partial charge in [-0.2, -0.15) is 5.10 Å². The average molecular weight is 180 g/mol. The smallest absolute Gasteiger partial charge is 0.122 e. The molecule has 3 heteroatoms. The standard InChI is InChI=1S/C10H13FN2/c1-4-6-8-9(5-2)12-13-10(8)7(3)11/h4,6,13H,1,5H2,2-3H3. The van der Waals surface area contributed by atoms with Crippen molar-refractivity contribution >= 4 is 11.9 Å². The van der Waals surface area contributed by atoms with Crippen molar-refractivity contribution in [2.24, 2.45) is 0 Å². The minimum absolute atomic E-state index is 0.250. The van der Waals surface area contributed by atoms with Gasteiger partial charge in [-0.3, -0.25) is 5.10 Å². The van der Waals surface area contributed by atoms with E-state index in [1.165, 1.54) is 6.92 Å². The van der Waals surface area contributed by atoms with Crippen LogP contribution in [0, 0.1) is 0 Å². The minimum Gasteiger partial charge on any atom is -0.275 e. The van der Waals surface area contributed by atoms with Gasteiger partial charge in [0, 0.05) is 5.22 Å². The first-order valence-electron chi connectivity index (χ1n) is 4.23. The molecule has 0 aliphatic carbocycles. The molecule has 0 radical (unpaired) electrons. The van der Waals surface area contributed by atoms with Crippen molar-refractivity contribution < 1.29 is 4.39 Å². The molecular formula is C10H13FN2. The number of hydrogen-bond acceptors (Lipinski definition) is 1. The Bertz CT molecular complexity index is 411. The highest BCUT2D eigenvalue weighted by molar-refractivity contribution is 5.40. The van der Waals surface area contributed by atoms with Crippen molar-refractivity contribution in [1.82, 2.24) is 10.2 Å². The normalized spacial score (nSPS) is 14.5. The summed E-state index contributed by atoms with van der Waals surface area (Å²) in [5, 5.41) is 7.94. The van der Waals surface area contributed by atoms with Gasteiger partial charge in [-0.25, -0.2) is 4.39 Å². The number of aromatic amines is 1. The second-order valence-electron chi connectivity index (χ2n) is 2.75. The van der Waals surface area contributed by atoms with Crippen LogP contribution in [0.5, 0.6) is 0 Å². The summed E-state index contributed by atoms with van der Waals surface area (Å²) in [5.41, 5.74) is 0.868. The van der Waals surface area contributed by atoms with Crippen LogP contribution < -0.4 is 10.6 Å². The van der Waals surface area contributed by atoms with E-state index in [-0.39, 0.29) is 5.83 Å². The number of nitrogens with zero attached hydrogens (tertiary/aromatic N) is 1. The second-order valence-corrected chi connectivity index (χ2v) is 2.75. The predicted octanol–water partition coefficient (Wildman–Crippen LogP) is 1.04. The van der Waals surface area contributed by atoms with E-state index in [2.05, 4.69) is 16.8 Å². The van der Waals surface area contributed by atoms with Crippen LogP contribution in [-0.2, 0) is 6.42 Å². The third-order valence-corrected chi connectivity index (χ3v) is 1.85. The van der Waals surface area contributed by atoms with Gasteiger partial charge in [-0.1, -0.05) is 25.7 Å². The summed E-state index contributed by atoms with van der Waals surface area (Å²) in [6.45, 7) is 6.97. The van der Waals surface area contributed by atoms with Crippen LogP contribution in [0.2, 0.25) is 0 Å². The molecule has 13 heavy (non-hydrogen) atoms. The van der Waals surface area contributed by atoms with Crippen LogP contribution in [0.15, 0.2) is 12.7 Å². The topological polar surface area (TPSA) is 28.7 Å². The Morgan fingerprint density at radius 2 is 2.38 bits per heavy atom. The molecule has 1 aromatic rings. The zero-order chi connectivity index (χ0) is 9.84. The zero-order valence-electron chi connectivity index (χ0n) is 7.89. The van der Waals surface area contributed by atoms with Crippen molar-refractivity contribution in [2.75, 3.05) is 0 Å². The fourth-order valence-electron chi connectivity index (χ4n) is 1.22. The monoisotopic (exact) mass is 180 g/mol. The Morgan fingerprint density at radius 3 is 2.85 bits per heavy atom.